The number of halogens is 1. The first-order chi connectivity index (χ1) is 11.1. The summed E-state index contributed by atoms with van der Waals surface area (Å²) in [4.78, 5) is 24.7. The van der Waals surface area contributed by atoms with Crippen molar-refractivity contribution in [2.24, 2.45) is 0 Å². The van der Waals surface area contributed by atoms with Crippen LogP contribution < -0.4 is 0 Å². The molecule has 0 radical (unpaired) electrons. The molecule has 0 N–H and O–H groups in total. The van der Waals surface area contributed by atoms with Gasteiger partial charge in [-0.3, -0.25) is 14.9 Å². The lowest BCUT2D eigenvalue weighted by atomic mass is 10.1. The minimum absolute atomic E-state index is 0.0243. The minimum atomic E-state index is -0.477. The van der Waals surface area contributed by atoms with Gasteiger partial charge >= 0.3 is 0 Å². The number of nitrogens with zero attached hydrogens (tertiary/aromatic N) is 2. The number of nitro groups is 1. The largest absolute Gasteiger partial charge is 0.322 e. The van der Waals surface area contributed by atoms with E-state index in [4.69, 9.17) is 11.6 Å². The lowest BCUT2D eigenvalue weighted by Gasteiger charge is -2.24. The summed E-state index contributed by atoms with van der Waals surface area (Å²) in [5.74, 6) is 0.713. The molecule has 1 fully saturated rings. The van der Waals surface area contributed by atoms with Crippen LogP contribution in [0.5, 0.6) is 0 Å². The van der Waals surface area contributed by atoms with Crippen LogP contribution in [0.15, 0.2) is 48.5 Å². The van der Waals surface area contributed by atoms with Crippen LogP contribution in [0.25, 0.3) is 0 Å². The fourth-order valence-electron chi connectivity index (χ4n) is 2.51. The van der Waals surface area contributed by atoms with Crippen LogP contribution in [0.4, 0.5) is 5.69 Å². The van der Waals surface area contributed by atoms with Gasteiger partial charge < -0.3 is 4.90 Å². The molecule has 2 aromatic carbocycles. The zero-order valence-corrected chi connectivity index (χ0v) is 13.6. The Kier molecular flexibility index (Phi) is 4.54. The highest BCUT2D eigenvalue weighted by molar-refractivity contribution is 7.99. The van der Waals surface area contributed by atoms with Gasteiger partial charge in [0.25, 0.3) is 11.6 Å². The summed E-state index contributed by atoms with van der Waals surface area (Å²) in [5, 5.41) is 11.3. The summed E-state index contributed by atoms with van der Waals surface area (Å²) in [6, 6.07) is 13.2. The maximum atomic E-state index is 12.7. The van der Waals surface area contributed by atoms with Crippen molar-refractivity contribution >= 4 is 35.0 Å². The van der Waals surface area contributed by atoms with E-state index in [0.717, 1.165) is 11.3 Å². The Hall–Kier alpha value is -2.05. The Balaban J connectivity index is 1.84. The molecule has 1 heterocycles. The van der Waals surface area contributed by atoms with Crippen molar-refractivity contribution in [3.8, 4) is 0 Å². The van der Waals surface area contributed by atoms with Crippen molar-refractivity contribution in [1.29, 1.82) is 0 Å². The lowest BCUT2D eigenvalue weighted by Crippen LogP contribution is -2.30. The molecule has 3 rings (SSSR count). The normalized spacial score (nSPS) is 17.3. The number of carbonyl (C=O) groups is 1. The van der Waals surface area contributed by atoms with Gasteiger partial charge in [0.2, 0.25) is 0 Å². The molecule has 118 valence electrons. The Morgan fingerprint density at radius 2 is 2.00 bits per heavy atom. The summed E-state index contributed by atoms with van der Waals surface area (Å²) < 4.78 is 0. The molecule has 1 saturated heterocycles. The number of thioether (sulfide) groups is 1. The van der Waals surface area contributed by atoms with Gasteiger partial charge in [-0.2, -0.15) is 0 Å². The number of rotatable bonds is 3. The molecular formula is C16H13ClN2O3S. The van der Waals surface area contributed by atoms with Crippen molar-refractivity contribution in [2.75, 3.05) is 12.3 Å². The van der Waals surface area contributed by atoms with E-state index < -0.39 is 4.92 Å². The zero-order chi connectivity index (χ0) is 16.4. The minimum Gasteiger partial charge on any atom is -0.322 e. The van der Waals surface area contributed by atoms with E-state index in [9.17, 15) is 14.9 Å². The van der Waals surface area contributed by atoms with Gasteiger partial charge in [-0.05, 0) is 29.8 Å². The summed E-state index contributed by atoms with van der Waals surface area (Å²) in [6.45, 7) is 0.637. The van der Waals surface area contributed by atoms with Crippen molar-refractivity contribution < 1.29 is 9.72 Å². The fraction of sp³-hybridized carbons (Fsp3) is 0.188. The predicted molar refractivity (Wildman–Crippen MR) is 90.8 cm³/mol. The SMILES string of the molecule is O=C(c1ccc([N+](=O)[O-])cc1)N1CCS[C@H]1c1cccc(Cl)c1. The van der Waals surface area contributed by atoms with Crippen LogP contribution in [0.1, 0.15) is 21.3 Å². The first kappa shape index (κ1) is 15.8. The lowest BCUT2D eigenvalue weighted by molar-refractivity contribution is -0.384. The molecule has 0 spiro atoms. The van der Waals surface area contributed by atoms with E-state index >= 15 is 0 Å². The van der Waals surface area contributed by atoms with Crippen LogP contribution in [-0.2, 0) is 0 Å². The second-order valence-corrected chi connectivity index (χ2v) is 6.71. The maximum absolute atomic E-state index is 12.7. The molecule has 2 aromatic rings. The standard InChI is InChI=1S/C16H13ClN2O3S/c17-13-3-1-2-12(10-13)16-18(8-9-23-16)15(20)11-4-6-14(7-5-11)19(21)22/h1-7,10,16H,8-9H2/t16-/m0/s1. The van der Waals surface area contributed by atoms with Gasteiger partial charge in [0.1, 0.15) is 5.37 Å². The molecule has 7 heteroatoms. The number of benzene rings is 2. The van der Waals surface area contributed by atoms with E-state index in [2.05, 4.69) is 0 Å². The van der Waals surface area contributed by atoms with Crippen LogP contribution >= 0.6 is 23.4 Å². The van der Waals surface area contributed by atoms with E-state index in [1.807, 2.05) is 18.2 Å². The molecule has 0 unspecified atom stereocenters. The smallest absolute Gasteiger partial charge is 0.269 e. The Bertz CT molecular complexity index is 751. The third-order valence-electron chi connectivity index (χ3n) is 3.61. The second kappa shape index (κ2) is 6.60. The molecular weight excluding hydrogens is 336 g/mol. The van der Waals surface area contributed by atoms with Crippen molar-refractivity contribution in [3.05, 3.63) is 74.8 Å². The average molecular weight is 349 g/mol. The quantitative estimate of drug-likeness (QED) is 0.617. The molecule has 0 aliphatic carbocycles. The van der Waals surface area contributed by atoms with E-state index in [-0.39, 0.29) is 17.0 Å². The monoisotopic (exact) mass is 348 g/mol. The number of hydrogen-bond donors (Lipinski definition) is 0. The summed E-state index contributed by atoms with van der Waals surface area (Å²) in [7, 11) is 0. The van der Waals surface area contributed by atoms with Gasteiger partial charge in [0.05, 0.1) is 4.92 Å². The van der Waals surface area contributed by atoms with Crippen molar-refractivity contribution in [1.82, 2.24) is 4.90 Å². The highest BCUT2D eigenvalue weighted by atomic mass is 35.5. The first-order valence-electron chi connectivity index (χ1n) is 6.99. The number of hydrogen-bond acceptors (Lipinski definition) is 4. The Labute approximate surface area is 142 Å². The number of non-ortho nitro benzene ring substituents is 1. The Morgan fingerprint density at radius 1 is 1.26 bits per heavy atom. The van der Waals surface area contributed by atoms with Crippen LogP contribution in [0.2, 0.25) is 5.02 Å². The molecule has 1 atom stereocenters. The zero-order valence-electron chi connectivity index (χ0n) is 12.0. The molecule has 0 aromatic heterocycles. The fourth-order valence-corrected chi connectivity index (χ4v) is 3.95. The molecule has 1 amide bonds. The summed E-state index contributed by atoms with van der Waals surface area (Å²) >= 11 is 7.72. The molecule has 0 bridgehead atoms. The van der Waals surface area contributed by atoms with Crippen molar-refractivity contribution in [3.63, 3.8) is 0 Å². The Morgan fingerprint density at radius 3 is 2.65 bits per heavy atom. The number of nitro benzene ring substituents is 1. The van der Waals surface area contributed by atoms with Gasteiger partial charge in [-0.15, -0.1) is 11.8 Å². The number of carbonyl (C=O) groups excluding carboxylic acids is 1. The highest BCUT2D eigenvalue weighted by Crippen LogP contribution is 2.39. The first-order valence-corrected chi connectivity index (χ1v) is 8.41. The van der Waals surface area contributed by atoms with Gasteiger partial charge in [0.15, 0.2) is 0 Å². The second-order valence-electron chi connectivity index (χ2n) is 5.08. The third kappa shape index (κ3) is 3.33. The topological polar surface area (TPSA) is 63.4 Å². The van der Waals surface area contributed by atoms with Gasteiger partial charge in [-0.1, -0.05) is 23.7 Å². The van der Waals surface area contributed by atoms with Crippen LogP contribution in [0.3, 0.4) is 0 Å². The van der Waals surface area contributed by atoms with Crippen LogP contribution in [-0.4, -0.2) is 28.0 Å². The molecule has 5 nitrogen and oxygen atoms in total. The van der Waals surface area contributed by atoms with Gasteiger partial charge in [-0.25, -0.2) is 0 Å². The van der Waals surface area contributed by atoms with Crippen molar-refractivity contribution in [2.45, 2.75) is 5.37 Å². The number of amides is 1. The molecule has 1 aliphatic heterocycles. The molecule has 0 saturated carbocycles. The predicted octanol–water partition coefficient (Wildman–Crippen LogP) is 4.14. The highest BCUT2D eigenvalue weighted by Gasteiger charge is 2.31. The molecule has 23 heavy (non-hydrogen) atoms. The molecule has 1 aliphatic rings. The van der Waals surface area contributed by atoms with E-state index in [0.29, 0.717) is 17.1 Å². The third-order valence-corrected chi connectivity index (χ3v) is 5.11. The van der Waals surface area contributed by atoms with E-state index in [1.165, 1.54) is 24.3 Å². The summed E-state index contributed by atoms with van der Waals surface area (Å²) in [6.07, 6.45) is 0. The average Bonchev–Trinajstić information content (AvgIpc) is 3.04. The summed E-state index contributed by atoms with van der Waals surface area (Å²) in [5.41, 5.74) is 1.41. The van der Waals surface area contributed by atoms with E-state index in [1.54, 1.807) is 22.7 Å². The van der Waals surface area contributed by atoms with Crippen LogP contribution in [0, 0.1) is 10.1 Å². The van der Waals surface area contributed by atoms with Gasteiger partial charge in [0, 0.05) is 35.0 Å². The maximum Gasteiger partial charge on any atom is 0.269 e.